The van der Waals surface area contributed by atoms with Gasteiger partial charge in [-0.3, -0.25) is 4.79 Å². The summed E-state index contributed by atoms with van der Waals surface area (Å²) >= 11 is 0. The van der Waals surface area contributed by atoms with Crippen molar-refractivity contribution in [3.05, 3.63) is 59.4 Å². The molecule has 4 nitrogen and oxygen atoms in total. The minimum atomic E-state index is -0.499. The summed E-state index contributed by atoms with van der Waals surface area (Å²) in [6.45, 7) is 0.283. The Balaban J connectivity index is 2.13. The first-order valence-electron chi connectivity index (χ1n) is 6.07. The lowest BCUT2D eigenvalue weighted by atomic mass is 10.1. The fraction of sp³-hybridized carbons (Fsp3) is 0.133. The molecule has 0 radical (unpaired) electrons. The van der Waals surface area contributed by atoms with E-state index in [2.05, 4.69) is 5.32 Å². The van der Waals surface area contributed by atoms with E-state index in [1.807, 2.05) is 0 Å². The van der Waals surface area contributed by atoms with Crippen molar-refractivity contribution in [2.24, 2.45) is 5.73 Å². The summed E-state index contributed by atoms with van der Waals surface area (Å²) in [5.74, 6) is -0.690. The molecule has 2 aromatic rings. The monoisotopic (exact) mass is 274 g/mol. The molecule has 0 aliphatic rings. The molecule has 0 atom stereocenters. The lowest BCUT2D eigenvalue weighted by Crippen LogP contribution is -2.11. The maximum Gasteiger partial charge on any atom is 0.248 e. The molecule has 0 aliphatic heterocycles. The van der Waals surface area contributed by atoms with Gasteiger partial charge in [0.15, 0.2) is 11.6 Å². The molecular formula is C15H15FN2O2. The van der Waals surface area contributed by atoms with Crippen molar-refractivity contribution in [3.8, 4) is 5.75 Å². The first-order valence-corrected chi connectivity index (χ1v) is 6.07. The molecule has 2 aromatic carbocycles. The van der Waals surface area contributed by atoms with E-state index >= 15 is 0 Å². The largest absolute Gasteiger partial charge is 0.494 e. The van der Waals surface area contributed by atoms with Gasteiger partial charge >= 0.3 is 0 Å². The third kappa shape index (κ3) is 3.06. The van der Waals surface area contributed by atoms with Crippen LogP contribution in [0.15, 0.2) is 42.5 Å². The number of hydrogen-bond acceptors (Lipinski definition) is 3. The Morgan fingerprint density at radius 2 is 2.05 bits per heavy atom. The van der Waals surface area contributed by atoms with Crippen molar-refractivity contribution >= 4 is 11.6 Å². The highest BCUT2D eigenvalue weighted by Gasteiger charge is 2.08. The predicted octanol–water partition coefficient (Wildman–Crippen LogP) is 2.55. The zero-order chi connectivity index (χ0) is 14.5. The predicted molar refractivity (Wildman–Crippen MR) is 75.2 cm³/mol. The highest BCUT2D eigenvalue weighted by Crippen LogP contribution is 2.21. The number of amides is 1. The average Bonchev–Trinajstić information content (AvgIpc) is 2.46. The van der Waals surface area contributed by atoms with E-state index in [1.54, 1.807) is 42.5 Å². The smallest absolute Gasteiger partial charge is 0.248 e. The summed E-state index contributed by atoms with van der Waals surface area (Å²) < 4.78 is 18.9. The number of methoxy groups -OCH3 is 1. The number of hydrogen-bond donors (Lipinski definition) is 2. The number of benzene rings is 2. The zero-order valence-corrected chi connectivity index (χ0v) is 11.0. The Labute approximate surface area is 116 Å². The summed E-state index contributed by atoms with van der Waals surface area (Å²) in [6.07, 6.45) is 0. The van der Waals surface area contributed by atoms with E-state index < -0.39 is 11.7 Å². The highest BCUT2D eigenvalue weighted by atomic mass is 19.1. The number of nitrogens with two attached hydrogens (primary N) is 1. The van der Waals surface area contributed by atoms with Crippen molar-refractivity contribution in [3.63, 3.8) is 0 Å². The van der Waals surface area contributed by atoms with Crippen LogP contribution in [-0.2, 0) is 6.54 Å². The Morgan fingerprint density at radius 3 is 2.75 bits per heavy atom. The molecule has 20 heavy (non-hydrogen) atoms. The third-order valence-corrected chi connectivity index (χ3v) is 2.89. The molecule has 104 valence electrons. The fourth-order valence-corrected chi connectivity index (χ4v) is 1.83. The van der Waals surface area contributed by atoms with E-state index in [9.17, 15) is 9.18 Å². The molecule has 0 saturated heterocycles. The van der Waals surface area contributed by atoms with Crippen molar-refractivity contribution in [1.82, 2.24) is 0 Å². The van der Waals surface area contributed by atoms with Crippen molar-refractivity contribution in [2.75, 3.05) is 12.4 Å². The van der Waals surface area contributed by atoms with Gasteiger partial charge in [-0.25, -0.2) is 4.39 Å². The highest BCUT2D eigenvalue weighted by molar-refractivity contribution is 5.93. The van der Waals surface area contributed by atoms with Crippen LogP contribution in [0.1, 0.15) is 15.9 Å². The molecule has 0 spiro atoms. The number of carbonyl (C=O) groups excluding carboxylic acids is 1. The summed E-state index contributed by atoms with van der Waals surface area (Å²) in [5.41, 5.74) is 6.79. The number of nitrogens with one attached hydrogen (secondary N) is 1. The second kappa shape index (κ2) is 6.06. The molecule has 2 rings (SSSR count). The molecule has 0 aliphatic carbocycles. The van der Waals surface area contributed by atoms with Crippen LogP contribution in [0.25, 0.3) is 0 Å². The standard InChI is InChI=1S/C15H15FN2O2/c1-20-13-7-3-5-11(14(13)16)9-18-12-6-2-4-10(8-12)15(17)19/h2-8,18H,9H2,1H3,(H2,17,19). The molecule has 0 aromatic heterocycles. The van der Waals surface area contributed by atoms with Crippen molar-refractivity contribution in [1.29, 1.82) is 0 Å². The number of rotatable bonds is 5. The topological polar surface area (TPSA) is 64.3 Å². The van der Waals surface area contributed by atoms with Gasteiger partial charge in [-0.05, 0) is 24.3 Å². The Bertz CT molecular complexity index is 629. The van der Waals surface area contributed by atoms with Gasteiger partial charge in [-0.15, -0.1) is 0 Å². The first kappa shape index (κ1) is 13.9. The van der Waals surface area contributed by atoms with Crippen LogP contribution in [0, 0.1) is 5.82 Å². The van der Waals surface area contributed by atoms with Crippen LogP contribution in [0.5, 0.6) is 5.75 Å². The number of anilines is 1. The van der Waals surface area contributed by atoms with Gasteiger partial charge < -0.3 is 15.8 Å². The minimum absolute atomic E-state index is 0.204. The van der Waals surface area contributed by atoms with Gasteiger partial charge in [-0.2, -0.15) is 0 Å². The SMILES string of the molecule is COc1cccc(CNc2cccc(C(N)=O)c2)c1F. The van der Waals surface area contributed by atoms with E-state index in [4.69, 9.17) is 10.5 Å². The summed E-state index contributed by atoms with van der Waals surface area (Å²) in [5, 5.41) is 3.05. The van der Waals surface area contributed by atoms with Crippen molar-refractivity contribution < 1.29 is 13.9 Å². The first-order chi connectivity index (χ1) is 9.61. The van der Waals surface area contributed by atoms with E-state index in [0.29, 0.717) is 16.8 Å². The molecule has 0 bridgehead atoms. The molecule has 0 unspecified atom stereocenters. The van der Waals surface area contributed by atoms with E-state index in [-0.39, 0.29) is 12.3 Å². The Hall–Kier alpha value is -2.56. The second-order valence-electron chi connectivity index (χ2n) is 4.23. The Kier molecular flexibility index (Phi) is 4.20. The second-order valence-corrected chi connectivity index (χ2v) is 4.23. The molecular weight excluding hydrogens is 259 g/mol. The number of carbonyl (C=O) groups is 1. The maximum atomic E-state index is 13.9. The lowest BCUT2D eigenvalue weighted by molar-refractivity contribution is 0.100. The summed E-state index contributed by atoms with van der Waals surface area (Å²) in [7, 11) is 1.42. The van der Waals surface area contributed by atoms with Crippen LogP contribution in [0.4, 0.5) is 10.1 Å². The van der Waals surface area contributed by atoms with Crippen LogP contribution in [0.2, 0.25) is 0 Å². The van der Waals surface area contributed by atoms with Crippen LogP contribution >= 0.6 is 0 Å². The minimum Gasteiger partial charge on any atom is -0.494 e. The van der Waals surface area contributed by atoms with Gasteiger partial charge in [0.2, 0.25) is 5.91 Å². The van der Waals surface area contributed by atoms with Crippen molar-refractivity contribution in [2.45, 2.75) is 6.54 Å². The van der Waals surface area contributed by atoms with Gasteiger partial charge in [0.25, 0.3) is 0 Å². The van der Waals surface area contributed by atoms with E-state index in [1.165, 1.54) is 7.11 Å². The normalized spacial score (nSPS) is 10.1. The molecule has 0 fully saturated rings. The summed E-state index contributed by atoms with van der Waals surface area (Å²) in [6, 6.07) is 11.7. The quantitative estimate of drug-likeness (QED) is 0.880. The Morgan fingerprint density at radius 1 is 1.30 bits per heavy atom. The molecule has 1 amide bonds. The molecule has 3 N–H and O–H groups in total. The molecule has 0 heterocycles. The zero-order valence-electron chi connectivity index (χ0n) is 11.0. The molecule has 5 heteroatoms. The van der Waals surface area contributed by atoms with Crippen LogP contribution in [-0.4, -0.2) is 13.0 Å². The lowest BCUT2D eigenvalue weighted by Gasteiger charge is -2.10. The van der Waals surface area contributed by atoms with Crippen LogP contribution in [0.3, 0.4) is 0 Å². The number of ether oxygens (including phenoxy) is 1. The number of primary amides is 1. The fourth-order valence-electron chi connectivity index (χ4n) is 1.83. The molecule has 0 saturated carbocycles. The number of halogens is 1. The average molecular weight is 274 g/mol. The van der Waals surface area contributed by atoms with Crippen LogP contribution < -0.4 is 15.8 Å². The maximum absolute atomic E-state index is 13.9. The summed E-state index contributed by atoms with van der Waals surface area (Å²) in [4.78, 5) is 11.1. The van der Waals surface area contributed by atoms with Gasteiger partial charge in [-0.1, -0.05) is 18.2 Å². The third-order valence-electron chi connectivity index (χ3n) is 2.89. The van der Waals surface area contributed by atoms with Gasteiger partial charge in [0, 0.05) is 23.4 Å². The van der Waals surface area contributed by atoms with Gasteiger partial charge in [0.1, 0.15) is 0 Å². The van der Waals surface area contributed by atoms with Gasteiger partial charge in [0.05, 0.1) is 7.11 Å². The van der Waals surface area contributed by atoms with E-state index in [0.717, 1.165) is 0 Å².